The lowest BCUT2D eigenvalue weighted by Gasteiger charge is -2.31. The SMILES string of the molecule is CCC(=O)N1CCCN(C(=O)C2CNC2)CC1. The van der Waals surface area contributed by atoms with Gasteiger partial charge in [-0.3, -0.25) is 9.59 Å². The van der Waals surface area contributed by atoms with Crippen molar-refractivity contribution >= 4 is 11.8 Å². The minimum absolute atomic E-state index is 0.170. The maximum Gasteiger partial charge on any atom is 0.228 e. The molecule has 2 rings (SSSR count). The summed E-state index contributed by atoms with van der Waals surface area (Å²) in [6.07, 6.45) is 1.46. The Bertz CT molecular complexity index is 302. The smallest absolute Gasteiger partial charge is 0.228 e. The van der Waals surface area contributed by atoms with E-state index in [0.717, 1.165) is 32.6 Å². The van der Waals surface area contributed by atoms with E-state index in [4.69, 9.17) is 0 Å². The van der Waals surface area contributed by atoms with Crippen LogP contribution in [0, 0.1) is 5.92 Å². The molecule has 0 radical (unpaired) electrons. The van der Waals surface area contributed by atoms with Crippen LogP contribution in [0.4, 0.5) is 0 Å². The highest BCUT2D eigenvalue weighted by Gasteiger charge is 2.30. The van der Waals surface area contributed by atoms with Crippen molar-refractivity contribution in [2.75, 3.05) is 39.3 Å². The number of rotatable bonds is 2. The van der Waals surface area contributed by atoms with Gasteiger partial charge < -0.3 is 15.1 Å². The summed E-state index contributed by atoms with van der Waals surface area (Å²) in [4.78, 5) is 27.5. The molecular weight excluding hydrogens is 218 g/mol. The van der Waals surface area contributed by atoms with Crippen molar-refractivity contribution in [3.8, 4) is 0 Å². The Labute approximate surface area is 102 Å². The lowest BCUT2D eigenvalue weighted by molar-refractivity contribution is -0.137. The second-order valence-electron chi connectivity index (χ2n) is 4.77. The van der Waals surface area contributed by atoms with Crippen molar-refractivity contribution in [2.24, 2.45) is 5.92 Å². The molecule has 5 nitrogen and oxygen atoms in total. The van der Waals surface area contributed by atoms with Crippen molar-refractivity contribution in [1.29, 1.82) is 0 Å². The Hall–Kier alpha value is -1.10. The van der Waals surface area contributed by atoms with E-state index in [1.165, 1.54) is 0 Å². The quantitative estimate of drug-likeness (QED) is 0.718. The molecule has 1 N–H and O–H groups in total. The topological polar surface area (TPSA) is 52.7 Å². The molecule has 0 aliphatic carbocycles. The van der Waals surface area contributed by atoms with Gasteiger partial charge in [0, 0.05) is 45.7 Å². The fourth-order valence-corrected chi connectivity index (χ4v) is 2.33. The molecule has 0 aromatic heterocycles. The fraction of sp³-hybridized carbons (Fsp3) is 0.833. The number of hydrogen-bond acceptors (Lipinski definition) is 3. The summed E-state index contributed by atoms with van der Waals surface area (Å²) in [6, 6.07) is 0. The van der Waals surface area contributed by atoms with Crippen LogP contribution in [0.15, 0.2) is 0 Å². The molecule has 2 aliphatic rings. The van der Waals surface area contributed by atoms with Gasteiger partial charge in [-0.15, -0.1) is 0 Å². The van der Waals surface area contributed by atoms with Gasteiger partial charge in [-0.2, -0.15) is 0 Å². The minimum atomic E-state index is 0.170. The average molecular weight is 239 g/mol. The van der Waals surface area contributed by atoms with Gasteiger partial charge >= 0.3 is 0 Å². The third-order valence-corrected chi connectivity index (χ3v) is 3.59. The summed E-state index contributed by atoms with van der Waals surface area (Å²) in [5, 5.41) is 3.12. The summed E-state index contributed by atoms with van der Waals surface area (Å²) in [7, 11) is 0. The van der Waals surface area contributed by atoms with Gasteiger partial charge in [0.1, 0.15) is 0 Å². The summed E-state index contributed by atoms with van der Waals surface area (Å²) < 4.78 is 0. The van der Waals surface area contributed by atoms with Crippen molar-refractivity contribution in [3.05, 3.63) is 0 Å². The van der Waals surface area contributed by atoms with Gasteiger partial charge in [0.05, 0.1) is 5.92 Å². The summed E-state index contributed by atoms with van der Waals surface area (Å²) in [5.74, 6) is 0.627. The molecule has 96 valence electrons. The minimum Gasteiger partial charge on any atom is -0.341 e. The van der Waals surface area contributed by atoms with Crippen molar-refractivity contribution in [1.82, 2.24) is 15.1 Å². The molecule has 2 heterocycles. The van der Waals surface area contributed by atoms with E-state index in [2.05, 4.69) is 5.32 Å². The highest BCUT2D eigenvalue weighted by Crippen LogP contribution is 2.11. The van der Waals surface area contributed by atoms with Gasteiger partial charge in [0.25, 0.3) is 0 Å². The lowest BCUT2D eigenvalue weighted by atomic mass is 10.0. The molecule has 0 aromatic rings. The van der Waals surface area contributed by atoms with E-state index in [1.807, 2.05) is 16.7 Å². The molecule has 2 amide bonds. The normalized spacial score (nSPS) is 21.9. The molecular formula is C12H21N3O2. The molecule has 0 saturated carbocycles. The fourth-order valence-electron chi connectivity index (χ4n) is 2.33. The Balaban J connectivity index is 1.86. The first-order valence-corrected chi connectivity index (χ1v) is 6.49. The molecule has 0 unspecified atom stereocenters. The molecule has 5 heteroatoms. The largest absolute Gasteiger partial charge is 0.341 e. The number of hydrogen-bond donors (Lipinski definition) is 1. The van der Waals surface area contributed by atoms with Crippen LogP contribution in [0.1, 0.15) is 19.8 Å². The first-order valence-electron chi connectivity index (χ1n) is 6.49. The van der Waals surface area contributed by atoms with E-state index in [1.54, 1.807) is 0 Å². The maximum atomic E-state index is 12.1. The highest BCUT2D eigenvalue weighted by atomic mass is 16.2. The molecule has 0 bridgehead atoms. The van der Waals surface area contributed by atoms with E-state index in [9.17, 15) is 9.59 Å². The zero-order valence-electron chi connectivity index (χ0n) is 10.4. The number of nitrogens with zero attached hydrogens (tertiary/aromatic N) is 2. The second-order valence-corrected chi connectivity index (χ2v) is 4.77. The van der Waals surface area contributed by atoms with Crippen LogP contribution in [0.5, 0.6) is 0 Å². The van der Waals surface area contributed by atoms with Gasteiger partial charge in [-0.25, -0.2) is 0 Å². The first kappa shape index (κ1) is 12.4. The number of carbonyl (C=O) groups excluding carboxylic acids is 2. The van der Waals surface area contributed by atoms with Crippen LogP contribution in [0.3, 0.4) is 0 Å². The van der Waals surface area contributed by atoms with E-state index in [-0.39, 0.29) is 17.7 Å². The highest BCUT2D eigenvalue weighted by molar-refractivity contribution is 5.80. The third kappa shape index (κ3) is 2.77. The Morgan fingerprint density at radius 2 is 1.76 bits per heavy atom. The van der Waals surface area contributed by atoms with Crippen molar-refractivity contribution in [2.45, 2.75) is 19.8 Å². The van der Waals surface area contributed by atoms with Crippen molar-refractivity contribution < 1.29 is 9.59 Å². The Morgan fingerprint density at radius 3 is 2.35 bits per heavy atom. The first-order chi connectivity index (χ1) is 8.22. The van der Waals surface area contributed by atoms with Gasteiger partial charge in [-0.1, -0.05) is 6.92 Å². The third-order valence-electron chi connectivity index (χ3n) is 3.59. The molecule has 0 spiro atoms. The Kier molecular flexibility index (Phi) is 3.99. The van der Waals surface area contributed by atoms with Gasteiger partial charge in [0.15, 0.2) is 0 Å². The number of carbonyl (C=O) groups is 2. The van der Waals surface area contributed by atoms with Gasteiger partial charge in [-0.05, 0) is 6.42 Å². The zero-order chi connectivity index (χ0) is 12.3. The molecule has 2 saturated heterocycles. The maximum absolute atomic E-state index is 12.1. The molecule has 17 heavy (non-hydrogen) atoms. The van der Waals surface area contributed by atoms with Crippen LogP contribution < -0.4 is 5.32 Å². The lowest BCUT2D eigenvalue weighted by Crippen LogP contribution is -2.52. The van der Waals surface area contributed by atoms with Crippen LogP contribution in [-0.4, -0.2) is 60.9 Å². The second kappa shape index (κ2) is 5.49. The number of amides is 2. The Morgan fingerprint density at radius 1 is 1.12 bits per heavy atom. The molecule has 2 fully saturated rings. The summed E-state index contributed by atoms with van der Waals surface area (Å²) in [5.41, 5.74) is 0. The zero-order valence-corrected chi connectivity index (χ0v) is 10.4. The molecule has 0 atom stereocenters. The van der Waals surface area contributed by atoms with Crippen LogP contribution in [0.25, 0.3) is 0 Å². The molecule has 0 aromatic carbocycles. The van der Waals surface area contributed by atoms with Crippen LogP contribution in [-0.2, 0) is 9.59 Å². The van der Waals surface area contributed by atoms with Gasteiger partial charge in [0.2, 0.25) is 11.8 Å². The predicted molar refractivity (Wildman–Crippen MR) is 64.4 cm³/mol. The van der Waals surface area contributed by atoms with E-state index >= 15 is 0 Å². The monoisotopic (exact) mass is 239 g/mol. The summed E-state index contributed by atoms with van der Waals surface area (Å²) in [6.45, 7) is 6.48. The van der Waals surface area contributed by atoms with Crippen molar-refractivity contribution in [3.63, 3.8) is 0 Å². The predicted octanol–water partition coefficient (Wildman–Crippen LogP) is -0.323. The van der Waals surface area contributed by atoms with Crippen LogP contribution in [0.2, 0.25) is 0 Å². The summed E-state index contributed by atoms with van der Waals surface area (Å²) >= 11 is 0. The average Bonchev–Trinajstić information content (AvgIpc) is 2.51. The standard InChI is InChI=1S/C12H21N3O2/c1-2-11(16)14-4-3-5-15(7-6-14)12(17)10-8-13-9-10/h10,13H,2-9H2,1H3. The van der Waals surface area contributed by atoms with E-state index in [0.29, 0.717) is 19.5 Å². The van der Waals surface area contributed by atoms with E-state index < -0.39 is 0 Å². The number of nitrogens with one attached hydrogen (secondary N) is 1. The molecule has 2 aliphatic heterocycles. The van der Waals surface area contributed by atoms with Crippen LogP contribution >= 0.6 is 0 Å².